The number of amides is 1. The summed E-state index contributed by atoms with van der Waals surface area (Å²) in [7, 11) is 0. The van der Waals surface area contributed by atoms with Gasteiger partial charge in [-0.2, -0.15) is 0 Å². The van der Waals surface area contributed by atoms with Crippen LogP contribution in [0.5, 0.6) is 11.5 Å². The van der Waals surface area contributed by atoms with Gasteiger partial charge in [-0.15, -0.1) is 0 Å². The predicted octanol–water partition coefficient (Wildman–Crippen LogP) is 4.58. The van der Waals surface area contributed by atoms with Crippen LogP contribution in [0.4, 0.5) is 0 Å². The van der Waals surface area contributed by atoms with Gasteiger partial charge in [-0.1, -0.05) is 45.9 Å². The smallest absolute Gasteiger partial charge is 0.251 e. The minimum atomic E-state index is -0.111. The zero-order chi connectivity index (χ0) is 19.0. The van der Waals surface area contributed by atoms with Gasteiger partial charge in [0.15, 0.2) is 0 Å². The molecule has 0 aliphatic rings. The molecule has 1 N–H and O–H groups in total. The molecule has 0 fully saturated rings. The van der Waals surface area contributed by atoms with E-state index in [4.69, 9.17) is 9.47 Å². The van der Waals surface area contributed by atoms with E-state index in [-0.39, 0.29) is 11.3 Å². The van der Waals surface area contributed by atoms with Crippen LogP contribution in [0.1, 0.15) is 50.0 Å². The van der Waals surface area contributed by atoms with Crippen molar-refractivity contribution in [1.29, 1.82) is 0 Å². The van der Waals surface area contributed by atoms with Crippen LogP contribution in [0.3, 0.4) is 0 Å². The van der Waals surface area contributed by atoms with E-state index in [9.17, 15) is 4.79 Å². The maximum Gasteiger partial charge on any atom is 0.251 e. The van der Waals surface area contributed by atoms with Crippen LogP contribution in [0.15, 0.2) is 48.5 Å². The van der Waals surface area contributed by atoms with Gasteiger partial charge in [0.1, 0.15) is 18.1 Å². The van der Waals surface area contributed by atoms with Gasteiger partial charge in [0.25, 0.3) is 5.91 Å². The highest BCUT2D eigenvalue weighted by molar-refractivity contribution is 5.94. The minimum Gasteiger partial charge on any atom is -0.494 e. The second-order valence-corrected chi connectivity index (χ2v) is 7.22. The summed E-state index contributed by atoms with van der Waals surface area (Å²) in [6.07, 6.45) is 0.959. The lowest BCUT2D eigenvalue weighted by molar-refractivity contribution is 0.0946. The van der Waals surface area contributed by atoms with Crippen molar-refractivity contribution in [3.8, 4) is 11.5 Å². The van der Waals surface area contributed by atoms with E-state index in [2.05, 4.69) is 39.1 Å². The van der Waals surface area contributed by atoms with Crippen molar-refractivity contribution >= 4 is 5.91 Å². The van der Waals surface area contributed by atoms with Gasteiger partial charge in [-0.3, -0.25) is 4.79 Å². The Morgan fingerprint density at radius 2 is 1.65 bits per heavy atom. The maximum absolute atomic E-state index is 12.2. The molecule has 0 heterocycles. The number of ether oxygens (including phenoxy) is 2. The minimum absolute atomic E-state index is 0.0153. The molecule has 1 amide bonds. The van der Waals surface area contributed by atoms with Gasteiger partial charge < -0.3 is 14.8 Å². The number of nitrogens with one attached hydrogen (secondary N) is 1. The van der Waals surface area contributed by atoms with Crippen LogP contribution in [0, 0.1) is 0 Å². The van der Waals surface area contributed by atoms with Gasteiger partial charge in [-0.05, 0) is 47.7 Å². The molecule has 0 saturated heterocycles. The zero-order valence-electron chi connectivity index (χ0n) is 16.2. The molecule has 0 radical (unpaired) electrons. The summed E-state index contributed by atoms with van der Waals surface area (Å²) in [5.74, 6) is 1.54. The van der Waals surface area contributed by atoms with E-state index >= 15 is 0 Å². The van der Waals surface area contributed by atoms with Crippen molar-refractivity contribution in [2.45, 2.75) is 39.5 Å². The molecule has 4 nitrogen and oxygen atoms in total. The van der Waals surface area contributed by atoms with Gasteiger partial charge in [0.05, 0.1) is 13.2 Å². The largest absolute Gasteiger partial charge is 0.494 e. The molecular weight excluding hydrogens is 326 g/mol. The molecule has 0 aliphatic heterocycles. The first-order valence-corrected chi connectivity index (χ1v) is 9.15. The topological polar surface area (TPSA) is 47.6 Å². The highest BCUT2D eigenvalue weighted by atomic mass is 16.5. The summed E-state index contributed by atoms with van der Waals surface area (Å²) in [6, 6.07) is 15.2. The Morgan fingerprint density at radius 3 is 2.31 bits per heavy atom. The Morgan fingerprint density at radius 1 is 0.962 bits per heavy atom. The van der Waals surface area contributed by atoms with Crippen molar-refractivity contribution in [3.05, 3.63) is 59.7 Å². The number of rotatable bonds is 8. The third kappa shape index (κ3) is 5.80. The third-order valence-corrected chi connectivity index (χ3v) is 3.93. The molecule has 0 saturated carbocycles. The van der Waals surface area contributed by atoms with Crippen LogP contribution < -0.4 is 14.8 Å². The number of carbonyl (C=O) groups excluding carboxylic acids is 1. The fourth-order valence-corrected chi connectivity index (χ4v) is 2.56. The average Bonchev–Trinajstić information content (AvgIpc) is 2.63. The Balaban J connectivity index is 1.82. The molecule has 0 spiro atoms. The van der Waals surface area contributed by atoms with E-state index in [0.717, 1.165) is 23.5 Å². The van der Waals surface area contributed by atoms with Gasteiger partial charge in [0, 0.05) is 5.56 Å². The molecule has 26 heavy (non-hydrogen) atoms. The molecular formula is C22H29NO3. The average molecular weight is 355 g/mol. The monoisotopic (exact) mass is 355 g/mol. The van der Waals surface area contributed by atoms with E-state index in [1.807, 2.05) is 30.3 Å². The summed E-state index contributed by atoms with van der Waals surface area (Å²) in [5, 5.41) is 2.89. The number of hydrogen-bond acceptors (Lipinski definition) is 3. The van der Waals surface area contributed by atoms with E-state index in [1.54, 1.807) is 12.1 Å². The number of carbonyl (C=O) groups is 1. The lowest BCUT2D eigenvalue weighted by Gasteiger charge is -2.22. The lowest BCUT2D eigenvalue weighted by Crippen LogP contribution is -2.28. The van der Waals surface area contributed by atoms with Crippen LogP contribution in [-0.2, 0) is 5.41 Å². The van der Waals surface area contributed by atoms with Gasteiger partial charge in [-0.25, -0.2) is 0 Å². The lowest BCUT2D eigenvalue weighted by atomic mass is 9.86. The summed E-state index contributed by atoms with van der Waals surface area (Å²) in [4.78, 5) is 12.2. The Labute approximate surface area is 156 Å². The van der Waals surface area contributed by atoms with E-state index < -0.39 is 0 Å². The number of para-hydroxylation sites is 1. The van der Waals surface area contributed by atoms with Crippen molar-refractivity contribution < 1.29 is 14.3 Å². The maximum atomic E-state index is 12.2. The van der Waals surface area contributed by atoms with Crippen molar-refractivity contribution in [2.75, 3.05) is 19.8 Å². The third-order valence-electron chi connectivity index (χ3n) is 3.93. The highest BCUT2D eigenvalue weighted by Crippen LogP contribution is 2.30. The fraction of sp³-hybridized carbons (Fsp3) is 0.409. The van der Waals surface area contributed by atoms with Gasteiger partial charge >= 0.3 is 0 Å². The number of hydrogen-bond donors (Lipinski definition) is 1. The highest BCUT2D eigenvalue weighted by Gasteiger charge is 2.18. The normalized spacial score (nSPS) is 11.1. The predicted molar refractivity (Wildman–Crippen MR) is 105 cm³/mol. The second kappa shape index (κ2) is 9.27. The molecule has 140 valence electrons. The van der Waals surface area contributed by atoms with E-state index in [0.29, 0.717) is 25.3 Å². The van der Waals surface area contributed by atoms with Crippen molar-refractivity contribution in [2.24, 2.45) is 0 Å². The summed E-state index contributed by atoms with van der Waals surface area (Å²) < 4.78 is 11.4. The molecule has 0 unspecified atom stereocenters. The van der Waals surface area contributed by atoms with Gasteiger partial charge in [0.2, 0.25) is 0 Å². The summed E-state index contributed by atoms with van der Waals surface area (Å²) in [5.41, 5.74) is 1.79. The molecule has 0 aromatic heterocycles. The molecule has 2 aromatic rings. The van der Waals surface area contributed by atoms with Crippen molar-refractivity contribution in [3.63, 3.8) is 0 Å². The Kier molecular flexibility index (Phi) is 7.07. The molecule has 0 bridgehead atoms. The van der Waals surface area contributed by atoms with Crippen LogP contribution in [0.25, 0.3) is 0 Å². The van der Waals surface area contributed by atoms with Crippen molar-refractivity contribution in [1.82, 2.24) is 5.32 Å². The molecule has 4 heteroatoms. The zero-order valence-corrected chi connectivity index (χ0v) is 16.2. The molecule has 2 rings (SSSR count). The number of benzene rings is 2. The molecule has 2 aromatic carbocycles. The Hall–Kier alpha value is -2.49. The first-order valence-electron chi connectivity index (χ1n) is 9.15. The van der Waals surface area contributed by atoms with E-state index in [1.165, 1.54) is 0 Å². The summed E-state index contributed by atoms with van der Waals surface area (Å²) >= 11 is 0. The van der Waals surface area contributed by atoms with Crippen LogP contribution in [0.2, 0.25) is 0 Å². The Bertz CT molecular complexity index is 702. The molecule has 0 atom stereocenters. The van der Waals surface area contributed by atoms with Crippen LogP contribution in [-0.4, -0.2) is 25.7 Å². The second-order valence-electron chi connectivity index (χ2n) is 7.22. The van der Waals surface area contributed by atoms with Crippen LogP contribution >= 0.6 is 0 Å². The SMILES string of the molecule is CCCOc1ccc(C(=O)NCCOc2ccccc2C(C)(C)C)cc1. The standard InChI is InChI=1S/C22H29NO3/c1-5-15-25-18-12-10-17(11-13-18)21(24)23-14-16-26-20-9-7-6-8-19(20)22(2,3)4/h6-13H,5,14-16H2,1-4H3,(H,23,24). The first kappa shape index (κ1) is 19.8. The fourth-order valence-electron chi connectivity index (χ4n) is 2.56. The first-order chi connectivity index (χ1) is 12.4. The summed E-state index contributed by atoms with van der Waals surface area (Å²) in [6.45, 7) is 10.1. The molecule has 0 aliphatic carbocycles. The quantitative estimate of drug-likeness (QED) is 0.705.